The average molecular weight is 390 g/mol. The SMILES string of the molecule is CCCCCCCCCCCCCC(=O)O.CNCCS(=O)(=O)[O-].[Na+]. The number of hydrogen-bond donors (Lipinski definition) is 2. The normalized spacial score (nSPS) is 10.5. The van der Waals surface area contributed by atoms with E-state index >= 15 is 0 Å². The van der Waals surface area contributed by atoms with E-state index in [2.05, 4.69) is 12.2 Å². The molecule has 2 N–H and O–H groups in total. The third kappa shape index (κ3) is 36.1. The van der Waals surface area contributed by atoms with E-state index in [1.165, 1.54) is 57.8 Å². The van der Waals surface area contributed by atoms with Crippen molar-refractivity contribution in [1.82, 2.24) is 5.32 Å². The Morgan fingerprint density at radius 2 is 1.32 bits per heavy atom. The van der Waals surface area contributed by atoms with E-state index in [9.17, 15) is 17.8 Å². The van der Waals surface area contributed by atoms with E-state index < -0.39 is 16.1 Å². The van der Waals surface area contributed by atoms with Crippen LogP contribution >= 0.6 is 0 Å². The van der Waals surface area contributed by atoms with Crippen molar-refractivity contribution < 1.29 is 52.4 Å². The molecule has 0 aromatic heterocycles. The van der Waals surface area contributed by atoms with Crippen LogP contribution in [0.3, 0.4) is 0 Å². The van der Waals surface area contributed by atoms with Gasteiger partial charge in [-0.3, -0.25) is 4.79 Å². The first-order chi connectivity index (χ1) is 11.3. The maximum Gasteiger partial charge on any atom is 1.00 e. The van der Waals surface area contributed by atoms with Crippen molar-refractivity contribution in [3.63, 3.8) is 0 Å². The molecule has 0 unspecified atom stereocenters. The first kappa shape index (κ1) is 30.1. The van der Waals surface area contributed by atoms with Crippen LogP contribution in [0, 0.1) is 0 Å². The Bertz CT molecular complexity index is 377. The Labute approximate surface area is 176 Å². The summed E-state index contributed by atoms with van der Waals surface area (Å²) in [5.74, 6) is -0.986. The van der Waals surface area contributed by atoms with Gasteiger partial charge in [-0.25, -0.2) is 8.42 Å². The van der Waals surface area contributed by atoms with Gasteiger partial charge in [0.2, 0.25) is 0 Å². The van der Waals surface area contributed by atoms with Crippen LogP contribution in [-0.4, -0.2) is 43.4 Å². The Morgan fingerprint density at radius 3 is 1.60 bits per heavy atom. The number of carbonyl (C=O) groups is 1. The van der Waals surface area contributed by atoms with E-state index in [0.29, 0.717) is 6.42 Å². The van der Waals surface area contributed by atoms with Crippen LogP contribution in [-0.2, 0) is 14.9 Å². The molecular weight excluding hydrogens is 353 g/mol. The van der Waals surface area contributed by atoms with Crippen LogP contribution in [0.4, 0.5) is 0 Å². The average Bonchev–Trinajstić information content (AvgIpc) is 2.50. The van der Waals surface area contributed by atoms with E-state index in [0.717, 1.165) is 12.8 Å². The molecule has 8 heteroatoms. The van der Waals surface area contributed by atoms with Gasteiger partial charge in [0.1, 0.15) is 0 Å². The van der Waals surface area contributed by atoms with Gasteiger partial charge >= 0.3 is 35.5 Å². The number of rotatable bonds is 15. The van der Waals surface area contributed by atoms with Crippen molar-refractivity contribution in [2.24, 2.45) is 0 Å². The van der Waals surface area contributed by atoms with E-state index in [1.807, 2.05) is 0 Å². The fourth-order valence-corrected chi connectivity index (χ4v) is 2.62. The van der Waals surface area contributed by atoms with E-state index in [-0.39, 0.29) is 41.9 Å². The number of carboxylic acids is 1. The predicted molar refractivity (Wildman–Crippen MR) is 97.2 cm³/mol. The molecule has 25 heavy (non-hydrogen) atoms. The molecule has 0 spiro atoms. The quantitative estimate of drug-likeness (QED) is 0.240. The summed E-state index contributed by atoms with van der Waals surface area (Å²) in [5, 5.41) is 11.0. The zero-order chi connectivity index (χ0) is 18.7. The zero-order valence-electron chi connectivity index (χ0n) is 16.4. The van der Waals surface area contributed by atoms with Crippen LogP contribution in [0.15, 0.2) is 0 Å². The Balaban J connectivity index is -0.000000457. The first-order valence-electron chi connectivity index (χ1n) is 9.13. The molecule has 0 amide bonds. The minimum atomic E-state index is -4.00. The number of unbranched alkanes of at least 4 members (excludes halogenated alkanes) is 10. The van der Waals surface area contributed by atoms with Crippen LogP contribution < -0.4 is 34.9 Å². The zero-order valence-corrected chi connectivity index (χ0v) is 19.2. The summed E-state index contributed by atoms with van der Waals surface area (Å²) in [6.07, 6.45) is 14.4. The van der Waals surface area contributed by atoms with Crippen molar-refractivity contribution in [2.45, 2.75) is 84.0 Å². The van der Waals surface area contributed by atoms with Gasteiger partial charge in [-0.1, -0.05) is 71.1 Å². The third-order valence-electron chi connectivity index (χ3n) is 3.60. The topological polar surface area (TPSA) is 107 Å². The van der Waals surface area contributed by atoms with Gasteiger partial charge in [-0.05, 0) is 13.5 Å². The Morgan fingerprint density at radius 1 is 0.920 bits per heavy atom. The Kier molecular flexibility index (Phi) is 26.9. The Hall–Kier alpha value is 0.340. The summed E-state index contributed by atoms with van der Waals surface area (Å²) in [6, 6.07) is 0. The summed E-state index contributed by atoms with van der Waals surface area (Å²) in [5.41, 5.74) is 0. The molecule has 146 valence electrons. The number of nitrogens with one attached hydrogen (secondary N) is 1. The molecule has 0 atom stereocenters. The largest absolute Gasteiger partial charge is 1.00 e. The second-order valence-corrected chi connectivity index (χ2v) is 7.57. The van der Waals surface area contributed by atoms with Gasteiger partial charge in [0, 0.05) is 13.0 Å². The molecule has 0 rings (SSSR count). The fourth-order valence-electron chi connectivity index (χ4n) is 2.17. The second-order valence-electron chi connectivity index (χ2n) is 6.04. The van der Waals surface area contributed by atoms with Crippen molar-refractivity contribution in [3.05, 3.63) is 0 Å². The molecule has 0 saturated heterocycles. The molecule has 0 aromatic carbocycles. The van der Waals surface area contributed by atoms with Crippen LogP contribution in [0.5, 0.6) is 0 Å². The molecule has 0 aliphatic heterocycles. The number of hydrogen-bond acceptors (Lipinski definition) is 5. The fraction of sp³-hybridized carbons (Fsp3) is 0.941. The standard InChI is InChI=1S/C14H28O2.C3H9NO3S.Na/c1-2-3-4-5-6-7-8-9-10-11-12-13-14(15)16;1-4-2-3-8(5,6)7;/h2-13H2,1H3,(H,15,16);4H,2-3H2,1H3,(H,5,6,7);/q;;+1/p-1. The summed E-state index contributed by atoms with van der Waals surface area (Å²) >= 11 is 0. The smallest absolute Gasteiger partial charge is 0.748 e. The minimum absolute atomic E-state index is 0. The van der Waals surface area contributed by atoms with Gasteiger partial charge in [-0.15, -0.1) is 0 Å². The summed E-state index contributed by atoms with van der Waals surface area (Å²) in [6.45, 7) is 2.48. The second kappa shape index (κ2) is 22.4. The molecule has 0 aromatic rings. The molecule has 0 bridgehead atoms. The molecule has 0 fully saturated rings. The van der Waals surface area contributed by atoms with Crippen LogP contribution in [0.2, 0.25) is 0 Å². The van der Waals surface area contributed by atoms with E-state index in [4.69, 9.17) is 5.11 Å². The van der Waals surface area contributed by atoms with Gasteiger partial charge in [0.25, 0.3) is 0 Å². The van der Waals surface area contributed by atoms with Crippen molar-refractivity contribution in [2.75, 3.05) is 19.3 Å². The predicted octanol–water partition coefficient (Wildman–Crippen LogP) is 0.527. The monoisotopic (exact) mass is 389 g/mol. The summed E-state index contributed by atoms with van der Waals surface area (Å²) < 4.78 is 29.4. The van der Waals surface area contributed by atoms with Crippen molar-refractivity contribution in [1.29, 1.82) is 0 Å². The van der Waals surface area contributed by atoms with Gasteiger partial charge in [-0.2, -0.15) is 0 Å². The number of carboxylic acid groups (broad SMARTS) is 1. The maximum atomic E-state index is 10.3. The minimum Gasteiger partial charge on any atom is -0.748 e. The maximum absolute atomic E-state index is 10.3. The van der Waals surface area contributed by atoms with Gasteiger partial charge in [0.15, 0.2) is 0 Å². The first-order valence-corrected chi connectivity index (χ1v) is 10.7. The van der Waals surface area contributed by atoms with Crippen LogP contribution in [0.1, 0.15) is 84.0 Å². The summed E-state index contributed by atoms with van der Waals surface area (Å²) in [7, 11) is -2.41. The third-order valence-corrected chi connectivity index (χ3v) is 4.30. The van der Waals surface area contributed by atoms with E-state index in [1.54, 1.807) is 7.05 Å². The molecule has 0 aliphatic carbocycles. The molecule has 0 saturated carbocycles. The molecular formula is C17H36NNaO5S. The van der Waals surface area contributed by atoms with Crippen LogP contribution in [0.25, 0.3) is 0 Å². The van der Waals surface area contributed by atoms with Gasteiger partial charge in [0.05, 0.1) is 15.9 Å². The summed E-state index contributed by atoms with van der Waals surface area (Å²) in [4.78, 5) is 10.3. The molecule has 0 aliphatic rings. The van der Waals surface area contributed by atoms with Crippen molar-refractivity contribution in [3.8, 4) is 0 Å². The van der Waals surface area contributed by atoms with Gasteiger partial charge < -0.3 is 15.0 Å². The molecule has 0 heterocycles. The molecule has 0 radical (unpaired) electrons. The molecule has 6 nitrogen and oxygen atoms in total. The number of aliphatic carboxylic acids is 1. The van der Waals surface area contributed by atoms with Crippen molar-refractivity contribution >= 4 is 16.1 Å².